The van der Waals surface area contributed by atoms with Crippen molar-refractivity contribution in [3.05, 3.63) is 35.0 Å². The highest BCUT2D eigenvalue weighted by atomic mass is 32.1. The van der Waals surface area contributed by atoms with Crippen LogP contribution in [0.2, 0.25) is 0 Å². The van der Waals surface area contributed by atoms with Crippen LogP contribution < -0.4 is 0 Å². The van der Waals surface area contributed by atoms with E-state index in [0.29, 0.717) is 4.88 Å². The van der Waals surface area contributed by atoms with Gasteiger partial charge in [-0.05, 0) is 29.7 Å². The highest BCUT2D eigenvalue weighted by Crippen LogP contribution is 2.25. The van der Waals surface area contributed by atoms with Crippen molar-refractivity contribution in [1.29, 1.82) is 5.26 Å². The first kappa shape index (κ1) is 7.26. The minimum absolute atomic E-state index is 0.259. The van der Waals surface area contributed by atoms with Crippen LogP contribution in [0, 0.1) is 17.1 Å². The van der Waals surface area contributed by atoms with Crippen LogP contribution >= 0.6 is 11.3 Å². The predicted molar refractivity (Wildman–Crippen MR) is 46.5 cm³/mol. The van der Waals surface area contributed by atoms with Crippen molar-refractivity contribution in [2.45, 2.75) is 0 Å². The number of benzene rings is 1. The Morgan fingerprint density at radius 2 is 2.17 bits per heavy atom. The summed E-state index contributed by atoms with van der Waals surface area (Å²) in [6.07, 6.45) is 0. The van der Waals surface area contributed by atoms with Gasteiger partial charge in [-0.2, -0.15) is 5.26 Å². The summed E-state index contributed by atoms with van der Waals surface area (Å²) in [5.74, 6) is -0.259. The lowest BCUT2D eigenvalue weighted by molar-refractivity contribution is 0.630. The first-order valence-corrected chi connectivity index (χ1v) is 4.20. The summed E-state index contributed by atoms with van der Waals surface area (Å²) in [7, 11) is 0. The number of hydrogen-bond acceptors (Lipinski definition) is 2. The van der Waals surface area contributed by atoms with Gasteiger partial charge in [0.1, 0.15) is 16.8 Å². The third-order valence-corrected chi connectivity index (χ3v) is 2.61. The monoisotopic (exact) mass is 177 g/mol. The molecule has 3 heteroatoms. The highest BCUT2D eigenvalue weighted by molar-refractivity contribution is 7.19. The molecule has 0 amide bonds. The SMILES string of the molecule is N#Cc1cc2cc(F)ccc2s1. The van der Waals surface area contributed by atoms with Crippen molar-refractivity contribution in [2.24, 2.45) is 0 Å². The average molecular weight is 177 g/mol. The fraction of sp³-hybridized carbons (Fsp3) is 0. The van der Waals surface area contributed by atoms with Gasteiger partial charge in [-0.15, -0.1) is 11.3 Å². The standard InChI is InChI=1S/C9H4FNS/c10-7-1-2-9-6(3-7)4-8(5-11)12-9/h1-4H. The molecule has 0 aliphatic carbocycles. The van der Waals surface area contributed by atoms with Gasteiger partial charge in [-0.3, -0.25) is 0 Å². The summed E-state index contributed by atoms with van der Waals surface area (Å²) in [6.45, 7) is 0. The van der Waals surface area contributed by atoms with E-state index in [4.69, 9.17) is 5.26 Å². The Hall–Kier alpha value is -1.40. The molecule has 0 fully saturated rings. The molecule has 0 unspecified atom stereocenters. The molecule has 0 aliphatic heterocycles. The average Bonchev–Trinajstić information content (AvgIpc) is 2.46. The lowest BCUT2D eigenvalue weighted by atomic mass is 10.2. The van der Waals surface area contributed by atoms with Crippen LogP contribution in [0.15, 0.2) is 24.3 Å². The molecule has 2 rings (SSSR count). The molecule has 2 aromatic rings. The summed E-state index contributed by atoms with van der Waals surface area (Å²) >= 11 is 1.38. The number of hydrogen-bond donors (Lipinski definition) is 0. The second-order valence-electron chi connectivity index (χ2n) is 2.40. The molecular formula is C9H4FNS. The first-order chi connectivity index (χ1) is 5.79. The Bertz CT molecular complexity index is 467. The van der Waals surface area contributed by atoms with E-state index in [9.17, 15) is 4.39 Å². The highest BCUT2D eigenvalue weighted by Gasteiger charge is 2.00. The van der Waals surface area contributed by atoms with Gasteiger partial charge in [0, 0.05) is 4.70 Å². The molecule has 1 heterocycles. The number of halogens is 1. The van der Waals surface area contributed by atoms with E-state index in [1.54, 1.807) is 12.1 Å². The molecule has 0 saturated carbocycles. The zero-order chi connectivity index (χ0) is 8.55. The van der Waals surface area contributed by atoms with Gasteiger partial charge in [0.05, 0.1) is 0 Å². The summed E-state index contributed by atoms with van der Waals surface area (Å²) in [5.41, 5.74) is 0. The molecule has 0 aliphatic rings. The van der Waals surface area contributed by atoms with Gasteiger partial charge in [-0.25, -0.2) is 4.39 Å². The van der Waals surface area contributed by atoms with Crippen molar-refractivity contribution in [2.75, 3.05) is 0 Å². The van der Waals surface area contributed by atoms with Gasteiger partial charge < -0.3 is 0 Å². The first-order valence-electron chi connectivity index (χ1n) is 3.39. The van der Waals surface area contributed by atoms with Crippen molar-refractivity contribution in [3.8, 4) is 6.07 Å². The summed E-state index contributed by atoms with van der Waals surface area (Å²) in [5, 5.41) is 9.38. The van der Waals surface area contributed by atoms with E-state index in [-0.39, 0.29) is 5.82 Å². The van der Waals surface area contributed by atoms with Gasteiger partial charge >= 0.3 is 0 Å². The second kappa shape index (κ2) is 2.58. The maximum atomic E-state index is 12.7. The third kappa shape index (κ3) is 1.06. The van der Waals surface area contributed by atoms with Gasteiger partial charge in [0.2, 0.25) is 0 Å². The smallest absolute Gasteiger partial charge is 0.123 e. The molecule has 1 nitrogen and oxygen atoms in total. The molecule has 58 valence electrons. The van der Waals surface area contributed by atoms with E-state index in [0.717, 1.165) is 10.1 Å². The lowest BCUT2D eigenvalue weighted by Gasteiger charge is -1.86. The maximum absolute atomic E-state index is 12.7. The summed E-state index contributed by atoms with van der Waals surface area (Å²) < 4.78 is 13.6. The Morgan fingerprint density at radius 1 is 1.33 bits per heavy atom. The van der Waals surface area contributed by atoms with Gasteiger partial charge in [0.15, 0.2) is 0 Å². The van der Waals surface area contributed by atoms with Crippen LogP contribution in [0.25, 0.3) is 10.1 Å². The Kier molecular flexibility index (Phi) is 1.56. The van der Waals surface area contributed by atoms with Crippen molar-refractivity contribution < 1.29 is 4.39 Å². The number of rotatable bonds is 0. The van der Waals surface area contributed by atoms with Crippen LogP contribution in [0.1, 0.15) is 4.88 Å². The largest absolute Gasteiger partial charge is 0.207 e. The normalized spacial score (nSPS) is 10.0. The van der Waals surface area contributed by atoms with Crippen molar-refractivity contribution in [3.63, 3.8) is 0 Å². The van der Waals surface area contributed by atoms with Crippen LogP contribution in [0.5, 0.6) is 0 Å². The van der Waals surface area contributed by atoms with E-state index in [2.05, 4.69) is 0 Å². The predicted octanol–water partition coefficient (Wildman–Crippen LogP) is 2.91. The topological polar surface area (TPSA) is 23.8 Å². The van der Waals surface area contributed by atoms with Crippen LogP contribution in [-0.2, 0) is 0 Å². The quantitative estimate of drug-likeness (QED) is 0.607. The molecule has 0 spiro atoms. The van der Waals surface area contributed by atoms with Crippen LogP contribution in [0.3, 0.4) is 0 Å². The second-order valence-corrected chi connectivity index (χ2v) is 3.49. The van der Waals surface area contributed by atoms with Crippen molar-refractivity contribution in [1.82, 2.24) is 0 Å². The van der Waals surface area contributed by atoms with Gasteiger partial charge in [0.25, 0.3) is 0 Å². The number of nitrogens with zero attached hydrogens (tertiary/aromatic N) is 1. The van der Waals surface area contributed by atoms with E-state index >= 15 is 0 Å². The number of fused-ring (bicyclic) bond motifs is 1. The molecular weight excluding hydrogens is 173 g/mol. The number of nitriles is 1. The van der Waals surface area contributed by atoms with Crippen LogP contribution in [-0.4, -0.2) is 0 Å². The molecule has 0 atom stereocenters. The summed E-state index contributed by atoms with van der Waals surface area (Å²) in [4.78, 5) is 0.621. The molecule has 0 radical (unpaired) electrons. The molecule has 0 saturated heterocycles. The molecule has 0 N–H and O–H groups in total. The Balaban J connectivity index is 2.77. The fourth-order valence-corrected chi connectivity index (χ4v) is 1.91. The minimum atomic E-state index is -0.259. The van der Waals surface area contributed by atoms with Gasteiger partial charge in [-0.1, -0.05) is 0 Å². The Labute approximate surface area is 72.7 Å². The van der Waals surface area contributed by atoms with E-state index in [1.165, 1.54) is 23.5 Å². The zero-order valence-electron chi connectivity index (χ0n) is 6.04. The minimum Gasteiger partial charge on any atom is -0.207 e. The lowest BCUT2D eigenvalue weighted by Crippen LogP contribution is -1.68. The van der Waals surface area contributed by atoms with Crippen LogP contribution in [0.4, 0.5) is 4.39 Å². The van der Waals surface area contributed by atoms with E-state index in [1.807, 2.05) is 6.07 Å². The zero-order valence-corrected chi connectivity index (χ0v) is 6.86. The number of thiophene rings is 1. The third-order valence-electron chi connectivity index (χ3n) is 1.59. The van der Waals surface area contributed by atoms with E-state index < -0.39 is 0 Å². The maximum Gasteiger partial charge on any atom is 0.123 e. The Morgan fingerprint density at radius 3 is 2.92 bits per heavy atom. The van der Waals surface area contributed by atoms with Crippen molar-refractivity contribution >= 4 is 21.4 Å². The molecule has 0 bridgehead atoms. The fourth-order valence-electron chi connectivity index (χ4n) is 1.07. The summed E-state index contributed by atoms with van der Waals surface area (Å²) in [6, 6.07) is 8.26. The molecule has 1 aromatic heterocycles. The molecule has 12 heavy (non-hydrogen) atoms. The molecule has 1 aromatic carbocycles.